The van der Waals surface area contributed by atoms with Gasteiger partial charge in [-0.3, -0.25) is 9.88 Å². The van der Waals surface area contributed by atoms with Gasteiger partial charge in [-0.25, -0.2) is 13.2 Å². The first-order valence-electron chi connectivity index (χ1n) is 12.5. The molecule has 38 heavy (non-hydrogen) atoms. The second-order valence-electron chi connectivity index (χ2n) is 10.00. The van der Waals surface area contributed by atoms with Crippen molar-refractivity contribution < 1.29 is 27.8 Å². The van der Waals surface area contributed by atoms with E-state index in [9.17, 15) is 18.3 Å². The molecule has 2 aliphatic rings. The van der Waals surface area contributed by atoms with Crippen LogP contribution in [0.5, 0.6) is 11.5 Å². The smallest absolute Gasteiger partial charge is 0.407 e. The van der Waals surface area contributed by atoms with Gasteiger partial charge in [-0.15, -0.1) is 0 Å². The Morgan fingerprint density at radius 1 is 1.08 bits per heavy atom. The summed E-state index contributed by atoms with van der Waals surface area (Å²) in [5, 5.41) is 9.62. The lowest BCUT2D eigenvalue weighted by Crippen LogP contribution is -2.51. The number of rotatable bonds is 7. The Kier molecular flexibility index (Phi) is 7.27. The van der Waals surface area contributed by atoms with Crippen LogP contribution >= 0.6 is 0 Å². The van der Waals surface area contributed by atoms with Crippen LogP contribution in [0.3, 0.4) is 0 Å². The number of amides is 1. The predicted octanol–water partition coefficient (Wildman–Crippen LogP) is 3.92. The summed E-state index contributed by atoms with van der Waals surface area (Å²) in [6.45, 7) is 1.87. The highest BCUT2D eigenvalue weighted by atomic mass is 32.2. The van der Waals surface area contributed by atoms with Gasteiger partial charge in [0.1, 0.15) is 0 Å². The molecule has 1 aromatic heterocycles. The van der Waals surface area contributed by atoms with Crippen LogP contribution in [0, 0.1) is 5.92 Å². The van der Waals surface area contributed by atoms with Gasteiger partial charge < -0.3 is 19.5 Å². The van der Waals surface area contributed by atoms with Crippen molar-refractivity contribution in [3.8, 4) is 22.8 Å². The fourth-order valence-corrected chi connectivity index (χ4v) is 5.94. The van der Waals surface area contributed by atoms with Crippen LogP contribution in [-0.4, -0.2) is 73.6 Å². The Hall–Kier alpha value is -3.63. The fraction of sp³-hybridized carbons (Fsp3) is 0.357. The van der Waals surface area contributed by atoms with Gasteiger partial charge >= 0.3 is 6.09 Å². The molecule has 0 radical (unpaired) electrons. The molecule has 1 fully saturated rings. The summed E-state index contributed by atoms with van der Waals surface area (Å²) in [5.74, 6) is 1.58. The predicted molar refractivity (Wildman–Crippen MR) is 142 cm³/mol. The van der Waals surface area contributed by atoms with Crippen molar-refractivity contribution in [1.82, 2.24) is 14.8 Å². The number of nitrogens with zero attached hydrogens (tertiary/aromatic N) is 3. The van der Waals surface area contributed by atoms with Crippen molar-refractivity contribution in [2.24, 2.45) is 5.92 Å². The molecule has 0 saturated carbocycles. The molecule has 2 aliphatic heterocycles. The number of aromatic nitrogens is 1. The van der Waals surface area contributed by atoms with Gasteiger partial charge in [0.25, 0.3) is 0 Å². The van der Waals surface area contributed by atoms with Gasteiger partial charge in [0, 0.05) is 43.7 Å². The summed E-state index contributed by atoms with van der Waals surface area (Å²) in [6, 6.07) is 16.8. The van der Waals surface area contributed by atoms with Crippen molar-refractivity contribution >= 4 is 15.9 Å². The molecule has 0 bridgehead atoms. The molecule has 1 N–H and O–H groups in total. The van der Waals surface area contributed by atoms with Gasteiger partial charge in [0.05, 0.1) is 10.6 Å². The summed E-state index contributed by atoms with van der Waals surface area (Å²) in [6.07, 6.45) is 3.63. The maximum atomic E-state index is 11.7. The topological polar surface area (TPSA) is 109 Å². The number of hydrogen-bond acceptors (Lipinski definition) is 7. The molecule has 3 heterocycles. The number of piperidine rings is 1. The van der Waals surface area contributed by atoms with Crippen LogP contribution in [-0.2, 0) is 22.8 Å². The summed E-state index contributed by atoms with van der Waals surface area (Å²) in [4.78, 5) is 20.4. The number of sulfone groups is 1. The third kappa shape index (κ3) is 5.76. The third-order valence-corrected chi connectivity index (χ3v) is 8.43. The van der Waals surface area contributed by atoms with E-state index in [1.807, 2.05) is 36.5 Å². The van der Waals surface area contributed by atoms with E-state index in [4.69, 9.17) is 9.47 Å². The van der Waals surface area contributed by atoms with E-state index in [-0.39, 0.29) is 23.6 Å². The number of likely N-dealkylation sites (tertiary alicyclic amines) is 1. The minimum atomic E-state index is -3.24. The number of ether oxygens (including phenoxy) is 2. The van der Waals surface area contributed by atoms with Crippen LogP contribution < -0.4 is 9.47 Å². The van der Waals surface area contributed by atoms with Crippen molar-refractivity contribution in [3.63, 3.8) is 0 Å². The van der Waals surface area contributed by atoms with Gasteiger partial charge in [-0.2, -0.15) is 0 Å². The molecule has 9 nitrogen and oxygen atoms in total. The molecule has 1 saturated heterocycles. The molecule has 2 atom stereocenters. The molecule has 2 aromatic carbocycles. The standard InChI is InChI=1S/C28H31N3O6S/c1-30(16-20-3-9-24(29-15-20)21-5-7-23(8-6-21)38(2,34)35)25-11-12-31(28(32)33)17-22(25)13-19-4-10-26-27(14-19)37-18-36-26/h3-10,14-15,22,25H,11-13,16-18H2,1-2H3,(H,32,33). The quantitative estimate of drug-likeness (QED) is 0.483. The van der Waals surface area contributed by atoms with Crippen LogP contribution in [0.25, 0.3) is 11.3 Å². The summed E-state index contributed by atoms with van der Waals surface area (Å²) in [5.41, 5.74) is 3.76. The fourth-order valence-electron chi connectivity index (χ4n) is 5.31. The largest absolute Gasteiger partial charge is 0.465 e. The average Bonchev–Trinajstić information content (AvgIpc) is 3.36. The van der Waals surface area contributed by atoms with Crippen molar-refractivity contribution in [2.45, 2.75) is 30.3 Å². The van der Waals surface area contributed by atoms with E-state index in [1.165, 1.54) is 11.2 Å². The zero-order valence-corrected chi connectivity index (χ0v) is 22.2. The highest BCUT2D eigenvalue weighted by Crippen LogP contribution is 2.34. The SMILES string of the molecule is CN(Cc1ccc(-c2ccc(S(C)(=O)=O)cc2)nc1)C1CCN(C(=O)O)CC1Cc1ccc2c(c1)OCO2. The summed E-state index contributed by atoms with van der Waals surface area (Å²) < 4.78 is 34.4. The number of fused-ring (bicyclic) bond motifs is 1. The van der Waals surface area contributed by atoms with E-state index in [0.717, 1.165) is 46.7 Å². The zero-order chi connectivity index (χ0) is 26.9. The van der Waals surface area contributed by atoms with E-state index in [2.05, 4.69) is 16.9 Å². The molecule has 0 spiro atoms. The van der Waals surface area contributed by atoms with Gasteiger partial charge in [0.15, 0.2) is 21.3 Å². The Balaban J connectivity index is 1.28. The second kappa shape index (κ2) is 10.6. The van der Waals surface area contributed by atoms with Gasteiger partial charge in [0.2, 0.25) is 6.79 Å². The molecular weight excluding hydrogens is 506 g/mol. The van der Waals surface area contributed by atoms with Crippen molar-refractivity contribution in [2.75, 3.05) is 33.2 Å². The minimum Gasteiger partial charge on any atom is -0.465 e. The Bertz CT molecular complexity index is 1410. The maximum Gasteiger partial charge on any atom is 0.407 e. The third-order valence-electron chi connectivity index (χ3n) is 7.30. The molecule has 200 valence electrons. The molecule has 0 aliphatic carbocycles. The first-order valence-corrected chi connectivity index (χ1v) is 14.4. The molecule has 5 rings (SSSR count). The Morgan fingerprint density at radius 3 is 2.50 bits per heavy atom. The maximum absolute atomic E-state index is 11.7. The van der Waals surface area contributed by atoms with E-state index < -0.39 is 15.9 Å². The van der Waals surface area contributed by atoms with Crippen molar-refractivity contribution in [3.05, 3.63) is 71.9 Å². The lowest BCUT2D eigenvalue weighted by molar-refractivity contribution is 0.0636. The number of hydrogen-bond donors (Lipinski definition) is 1. The van der Waals surface area contributed by atoms with Crippen LogP contribution in [0.2, 0.25) is 0 Å². The molecule has 3 aromatic rings. The van der Waals surface area contributed by atoms with Crippen LogP contribution in [0.15, 0.2) is 65.7 Å². The number of benzene rings is 2. The van der Waals surface area contributed by atoms with E-state index in [1.54, 1.807) is 24.3 Å². The van der Waals surface area contributed by atoms with Gasteiger partial charge in [-0.05, 0) is 67.3 Å². The Morgan fingerprint density at radius 2 is 1.82 bits per heavy atom. The first kappa shape index (κ1) is 26.0. The van der Waals surface area contributed by atoms with Gasteiger partial charge in [-0.1, -0.05) is 24.3 Å². The number of carbonyl (C=O) groups is 1. The highest BCUT2D eigenvalue weighted by molar-refractivity contribution is 7.90. The van der Waals surface area contributed by atoms with E-state index >= 15 is 0 Å². The highest BCUT2D eigenvalue weighted by Gasteiger charge is 2.34. The average molecular weight is 538 g/mol. The molecule has 1 amide bonds. The molecular formula is C28H31N3O6S. The monoisotopic (exact) mass is 537 g/mol. The normalized spacial score (nSPS) is 19.1. The van der Waals surface area contributed by atoms with E-state index in [0.29, 0.717) is 19.6 Å². The first-order chi connectivity index (χ1) is 18.2. The van der Waals surface area contributed by atoms with Crippen LogP contribution in [0.1, 0.15) is 17.5 Å². The number of carboxylic acid groups (broad SMARTS) is 1. The second-order valence-corrected chi connectivity index (χ2v) is 12.0. The zero-order valence-electron chi connectivity index (χ0n) is 21.4. The lowest BCUT2D eigenvalue weighted by Gasteiger charge is -2.42. The van der Waals surface area contributed by atoms with Crippen molar-refractivity contribution in [1.29, 1.82) is 0 Å². The molecule has 2 unspecified atom stereocenters. The number of pyridine rings is 1. The Labute approximate surface area is 222 Å². The summed E-state index contributed by atoms with van der Waals surface area (Å²) >= 11 is 0. The summed E-state index contributed by atoms with van der Waals surface area (Å²) in [7, 11) is -1.17. The minimum absolute atomic E-state index is 0.116. The lowest BCUT2D eigenvalue weighted by atomic mass is 9.85. The molecule has 10 heteroatoms. The van der Waals surface area contributed by atoms with Crippen LogP contribution in [0.4, 0.5) is 4.79 Å².